The van der Waals surface area contributed by atoms with Gasteiger partial charge in [0.15, 0.2) is 0 Å². The summed E-state index contributed by atoms with van der Waals surface area (Å²) in [7, 11) is 0. The van der Waals surface area contributed by atoms with Gasteiger partial charge in [0.2, 0.25) is 0 Å². The Morgan fingerprint density at radius 3 is 2.36 bits per heavy atom. The van der Waals surface area contributed by atoms with Crippen LogP contribution in [0.1, 0.15) is 19.4 Å². The Hall–Kier alpha value is -2.11. The lowest BCUT2D eigenvalue weighted by Gasteiger charge is -2.26. The molecule has 0 spiro atoms. The minimum atomic E-state index is -0.678. The van der Waals surface area contributed by atoms with Crippen LogP contribution in [-0.4, -0.2) is 33.5 Å². The number of halogens is 1. The van der Waals surface area contributed by atoms with E-state index in [2.05, 4.69) is 71.4 Å². The highest BCUT2D eigenvalue weighted by atomic mass is 35.5. The molecule has 0 amide bonds. The van der Waals surface area contributed by atoms with Gasteiger partial charge in [-0.05, 0) is 30.9 Å². The van der Waals surface area contributed by atoms with E-state index in [9.17, 15) is 10.2 Å². The van der Waals surface area contributed by atoms with Crippen molar-refractivity contribution in [2.45, 2.75) is 32.5 Å². The third-order valence-electron chi connectivity index (χ3n) is 5.55. The smallest absolute Gasteiger partial charge is 0.0633 e. The van der Waals surface area contributed by atoms with Crippen LogP contribution in [0.3, 0.4) is 0 Å². The molecule has 4 nitrogen and oxygen atoms in total. The van der Waals surface area contributed by atoms with Gasteiger partial charge in [0.1, 0.15) is 0 Å². The van der Waals surface area contributed by atoms with Crippen LogP contribution in [0.4, 0.5) is 0 Å². The molecule has 0 bridgehead atoms. The van der Waals surface area contributed by atoms with Gasteiger partial charge in [-0.15, -0.1) is 12.4 Å². The lowest BCUT2D eigenvalue weighted by Crippen LogP contribution is -2.48. The van der Waals surface area contributed by atoms with Gasteiger partial charge in [0.25, 0.3) is 0 Å². The molecule has 4 aromatic rings. The second-order valence-electron chi connectivity index (χ2n) is 7.51. The third-order valence-corrected chi connectivity index (χ3v) is 5.55. The highest BCUT2D eigenvalue weighted by Gasteiger charge is 2.21. The van der Waals surface area contributed by atoms with E-state index in [1.165, 1.54) is 32.6 Å². The van der Waals surface area contributed by atoms with Gasteiger partial charge in [-0.25, -0.2) is 0 Å². The third kappa shape index (κ3) is 3.38. The van der Waals surface area contributed by atoms with Crippen molar-refractivity contribution < 1.29 is 10.2 Å². The number of benzene rings is 3. The van der Waals surface area contributed by atoms with E-state index in [1.54, 1.807) is 0 Å². The quantitative estimate of drug-likeness (QED) is 0.455. The minimum Gasteiger partial charge on any atom is -0.394 e. The molecule has 0 aliphatic heterocycles. The molecule has 3 N–H and O–H groups in total. The number of aryl methyl sites for hydroxylation is 1. The Kier molecular flexibility index (Phi) is 5.96. The molecule has 0 unspecified atom stereocenters. The SMILES string of the molecule is CCn1c2cc(CNC(C)(CO)CO)ccc2c2ccc3ccccc3c21.Cl. The second kappa shape index (κ2) is 8.10. The van der Waals surface area contributed by atoms with Crippen molar-refractivity contribution in [3.8, 4) is 0 Å². The first-order valence-electron chi connectivity index (χ1n) is 9.49. The maximum absolute atomic E-state index is 9.49. The van der Waals surface area contributed by atoms with Crippen molar-refractivity contribution in [3.05, 3.63) is 60.2 Å². The van der Waals surface area contributed by atoms with Crippen LogP contribution >= 0.6 is 12.4 Å². The maximum Gasteiger partial charge on any atom is 0.0633 e. The van der Waals surface area contributed by atoms with Crippen molar-refractivity contribution in [1.29, 1.82) is 0 Å². The molecule has 0 radical (unpaired) electrons. The standard InChI is InChI=1S/C23H26N2O2.ClH/c1-3-25-21-12-16(13-24-23(2,14-26)15-27)8-10-19(21)20-11-9-17-6-4-5-7-18(17)22(20)25;/h4-12,24,26-27H,3,13-15H2,1-2H3;1H. The van der Waals surface area contributed by atoms with E-state index in [-0.39, 0.29) is 25.6 Å². The predicted molar refractivity (Wildman–Crippen MR) is 119 cm³/mol. The summed E-state index contributed by atoms with van der Waals surface area (Å²) in [5.41, 5.74) is 2.96. The number of fused-ring (bicyclic) bond motifs is 5. The fourth-order valence-electron chi connectivity index (χ4n) is 3.83. The summed E-state index contributed by atoms with van der Waals surface area (Å²) in [6, 6.07) is 19.5. The number of aliphatic hydroxyl groups excluding tert-OH is 2. The molecule has 3 aromatic carbocycles. The summed E-state index contributed by atoms with van der Waals surface area (Å²) in [5.74, 6) is 0. The van der Waals surface area contributed by atoms with Crippen molar-refractivity contribution in [2.75, 3.05) is 13.2 Å². The first-order chi connectivity index (χ1) is 13.1. The van der Waals surface area contributed by atoms with E-state index in [4.69, 9.17) is 0 Å². The Bertz CT molecular complexity index is 1120. The number of hydrogen-bond donors (Lipinski definition) is 3. The maximum atomic E-state index is 9.49. The topological polar surface area (TPSA) is 57.4 Å². The van der Waals surface area contributed by atoms with E-state index in [0.29, 0.717) is 6.54 Å². The van der Waals surface area contributed by atoms with Crippen molar-refractivity contribution in [1.82, 2.24) is 9.88 Å². The number of rotatable bonds is 6. The monoisotopic (exact) mass is 398 g/mol. The average molecular weight is 399 g/mol. The van der Waals surface area contributed by atoms with Crippen LogP contribution in [0.2, 0.25) is 0 Å². The fourth-order valence-corrected chi connectivity index (χ4v) is 3.83. The fraction of sp³-hybridized carbons (Fsp3) is 0.304. The van der Waals surface area contributed by atoms with E-state index < -0.39 is 5.54 Å². The van der Waals surface area contributed by atoms with Crippen molar-refractivity contribution in [2.24, 2.45) is 0 Å². The lowest BCUT2D eigenvalue weighted by atomic mass is 10.0. The van der Waals surface area contributed by atoms with Crippen molar-refractivity contribution >= 4 is 45.0 Å². The summed E-state index contributed by atoms with van der Waals surface area (Å²) < 4.78 is 2.38. The van der Waals surface area contributed by atoms with Gasteiger partial charge in [0, 0.05) is 34.8 Å². The van der Waals surface area contributed by atoms with Gasteiger partial charge in [-0.3, -0.25) is 0 Å². The Morgan fingerprint density at radius 1 is 0.929 bits per heavy atom. The largest absolute Gasteiger partial charge is 0.394 e. The van der Waals surface area contributed by atoms with Crippen LogP contribution in [0.15, 0.2) is 54.6 Å². The number of aliphatic hydroxyl groups is 2. The minimum absolute atomic E-state index is 0. The molecule has 0 fully saturated rings. The Balaban J connectivity index is 0.00000225. The molecule has 1 heterocycles. The molecule has 4 rings (SSSR count). The molecular formula is C23H27ClN2O2. The molecule has 0 aliphatic carbocycles. The van der Waals surface area contributed by atoms with E-state index in [0.717, 1.165) is 12.1 Å². The normalized spacial score (nSPS) is 12.0. The summed E-state index contributed by atoms with van der Waals surface area (Å²) in [6.07, 6.45) is 0. The highest BCUT2D eigenvalue weighted by molar-refractivity contribution is 6.17. The molecule has 5 heteroatoms. The van der Waals surface area contributed by atoms with Crippen LogP contribution in [0.5, 0.6) is 0 Å². The van der Waals surface area contributed by atoms with Crippen LogP contribution < -0.4 is 5.32 Å². The average Bonchev–Trinajstić information content (AvgIpc) is 3.05. The first kappa shape index (κ1) is 20.6. The number of nitrogens with zero attached hydrogens (tertiary/aromatic N) is 1. The Morgan fingerprint density at radius 2 is 1.64 bits per heavy atom. The number of aromatic nitrogens is 1. The summed E-state index contributed by atoms with van der Waals surface area (Å²) in [5, 5.41) is 27.3. The number of hydrogen-bond acceptors (Lipinski definition) is 3. The molecule has 0 saturated heterocycles. The lowest BCUT2D eigenvalue weighted by molar-refractivity contribution is 0.103. The zero-order valence-electron chi connectivity index (χ0n) is 16.3. The van der Waals surface area contributed by atoms with E-state index >= 15 is 0 Å². The predicted octanol–water partition coefficient (Wildman–Crippen LogP) is 4.22. The highest BCUT2D eigenvalue weighted by Crippen LogP contribution is 2.34. The molecule has 1 aromatic heterocycles. The zero-order chi connectivity index (χ0) is 19.0. The van der Waals surface area contributed by atoms with Crippen LogP contribution in [0, 0.1) is 0 Å². The van der Waals surface area contributed by atoms with Crippen LogP contribution in [-0.2, 0) is 13.1 Å². The van der Waals surface area contributed by atoms with Gasteiger partial charge in [0.05, 0.1) is 24.3 Å². The second-order valence-corrected chi connectivity index (χ2v) is 7.51. The molecule has 148 valence electrons. The van der Waals surface area contributed by atoms with Gasteiger partial charge in [-0.2, -0.15) is 0 Å². The zero-order valence-corrected chi connectivity index (χ0v) is 17.1. The molecular weight excluding hydrogens is 372 g/mol. The molecule has 0 aliphatic rings. The van der Waals surface area contributed by atoms with Gasteiger partial charge < -0.3 is 20.1 Å². The van der Waals surface area contributed by atoms with E-state index in [1.807, 2.05) is 6.92 Å². The Labute approximate surface area is 171 Å². The number of nitrogens with one attached hydrogen (secondary N) is 1. The summed E-state index contributed by atoms with van der Waals surface area (Å²) in [6.45, 7) is 5.29. The molecule has 0 saturated carbocycles. The van der Waals surface area contributed by atoms with Crippen LogP contribution in [0.25, 0.3) is 32.6 Å². The molecule has 28 heavy (non-hydrogen) atoms. The summed E-state index contributed by atoms with van der Waals surface area (Å²) in [4.78, 5) is 0. The summed E-state index contributed by atoms with van der Waals surface area (Å²) >= 11 is 0. The van der Waals surface area contributed by atoms with Gasteiger partial charge in [-0.1, -0.05) is 48.5 Å². The molecule has 0 atom stereocenters. The van der Waals surface area contributed by atoms with Crippen molar-refractivity contribution in [3.63, 3.8) is 0 Å². The van der Waals surface area contributed by atoms with Gasteiger partial charge >= 0.3 is 0 Å². The first-order valence-corrected chi connectivity index (χ1v) is 9.49.